The number of rotatable bonds is 5. The summed E-state index contributed by atoms with van der Waals surface area (Å²) in [4.78, 5) is 14.9. The van der Waals surface area contributed by atoms with Gasteiger partial charge in [-0.1, -0.05) is 6.42 Å². The Hall–Kier alpha value is -1.23. The van der Waals surface area contributed by atoms with Gasteiger partial charge in [0.25, 0.3) is 5.91 Å². The second-order valence-electron chi connectivity index (χ2n) is 4.39. The number of aromatic nitrogens is 1. The molecule has 0 bridgehead atoms. The van der Waals surface area contributed by atoms with E-state index in [0.29, 0.717) is 10.4 Å². The lowest BCUT2D eigenvalue weighted by Crippen LogP contribution is -2.40. The van der Waals surface area contributed by atoms with Crippen LogP contribution in [0.5, 0.6) is 0 Å². The lowest BCUT2D eigenvalue weighted by atomic mass is 9.84. The summed E-state index contributed by atoms with van der Waals surface area (Å²) >= 11 is 1.92. The van der Waals surface area contributed by atoms with Gasteiger partial charge in [-0.25, -0.2) is 0 Å². The molecule has 92 valence electrons. The number of carbonyl (C=O) groups excluding carboxylic acids is 1. The number of nitrogens with one attached hydrogen (secondary N) is 1. The van der Waals surface area contributed by atoms with Crippen LogP contribution < -0.4 is 11.1 Å². The van der Waals surface area contributed by atoms with E-state index in [1.807, 2.05) is 17.8 Å². The standard InChI is InChI=1S/C12H17N3OS/c1-17-12(4-2-5-12)8-15-9-3-6-14-10(7-9)11(13)16/h3,6-7H,2,4-5,8H2,1H3,(H2,13,16)(H,14,15). The number of nitrogens with two attached hydrogens (primary N) is 1. The van der Waals surface area contributed by atoms with Crippen molar-refractivity contribution in [3.8, 4) is 0 Å². The number of carbonyl (C=O) groups is 1. The molecule has 0 saturated heterocycles. The number of pyridine rings is 1. The topological polar surface area (TPSA) is 68.0 Å². The second-order valence-corrected chi connectivity index (χ2v) is 5.66. The first-order chi connectivity index (χ1) is 8.15. The largest absolute Gasteiger partial charge is 0.384 e. The molecule has 17 heavy (non-hydrogen) atoms. The zero-order valence-electron chi connectivity index (χ0n) is 9.90. The van der Waals surface area contributed by atoms with Crippen molar-refractivity contribution in [3.63, 3.8) is 0 Å². The Kier molecular flexibility index (Phi) is 3.57. The fourth-order valence-electron chi connectivity index (χ4n) is 1.96. The molecule has 0 aromatic carbocycles. The molecule has 1 fully saturated rings. The summed E-state index contributed by atoms with van der Waals surface area (Å²) in [7, 11) is 0. The number of hydrogen-bond acceptors (Lipinski definition) is 4. The third-order valence-corrected chi connectivity index (χ3v) is 4.74. The Labute approximate surface area is 105 Å². The van der Waals surface area contributed by atoms with Crippen molar-refractivity contribution in [1.82, 2.24) is 4.98 Å². The van der Waals surface area contributed by atoms with E-state index in [1.165, 1.54) is 19.3 Å². The van der Waals surface area contributed by atoms with E-state index in [4.69, 9.17) is 5.73 Å². The van der Waals surface area contributed by atoms with Crippen LogP contribution in [0.2, 0.25) is 0 Å². The van der Waals surface area contributed by atoms with Gasteiger partial charge in [-0.15, -0.1) is 0 Å². The van der Waals surface area contributed by atoms with Gasteiger partial charge >= 0.3 is 0 Å². The van der Waals surface area contributed by atoms with Crippen LogP contribution in [0.25, 0.3) is 0 Å². The maximum absolute atomic E-state index is 11.0. The van der Waals surface area contributed by atoms with E-state index in [0.717, 1.165) is 12.2 Å². The van der Waals surface area contributed by atoms with Crippen molar-refractivity contribution in [3.05, 3.63) is 24.0 Å². The maximum atomic E-state index is 11.0. The third kappa shape index (κ3) is 2.72. The van der Waals surface area contributed by atoms with Crippen molar-refractivity contribution in [2.24, 2.45) is 5.73 Å². The number of anilines is 1. The highest BCUT2D eigenvalue weighted by atomic mass is 32.2. The number of nitrogens with zero attached hydrogens (tertiary/aromatic N) is 1. The van der Waals surface area contributed by atoms with Crippen LogP contribution in [-0.4, -0.2) is 28.4 Å². The van der Waals surface area contributed by atoms with Crippen LogP contribution in [0, 0.1) is 0 Å². The summed E-state index contributed by atoms with van der Waals surface area (Å²) in [5.74, 6) is -0.489. The molecule has 1 aliphatic carbocycles. The van der Waals surface area contributed by atoms with Crippen molar-refractivity contribution < 1.29 is 4.79 Å². The van der Waals surface area contributed by atoms with E-state index >= 15 is 0 Å². The van der Waals surface area contributed by atoms with Gasteiger partial charge in [0.05, 0.1) is 0 Å². The van der Waals surface area contributed by atoms with E-state index in [1.54, 1.807) is 12.3 Å². The van der Waals surface area contributed by atoms with Crippen LogP contribution in [0.15, 0.2) is 18.3 Å². The summed E-state index contributed by atoms with van der Waals surface area (Å²) < 4.78 is 0.371. The Morgan fingerprint density at radius 2 is 2.41 bits per heavy atom. The number of thioether (sulfide) groups is 1. The van der Waals surface area contributed by atoms with Gasteiger partial charge in [0.1, 0.15) is 5.69 Å². The Morgan fingerprint density at radius 1 is 1.65 bits per heavy atom. The smallest absolute Gasteiger partial charge is 0.267 e. The fraction of sp³-hybridized carbons (Fsp3) is 0.500. The highest BCUT2D eigenvalue weighted by Gasteiger charge is 2.35. The summed E-state index contributed by atoms with van der Waals surface area (Å²) in [6.07, 6.45) is 7.59. The molecule has 5 heteroatoms. The lowest BCUT2D eigenvalue weighted by molar-refractivity contribution is 0.0995. The zero-order chi connectivity index (χ0) is 12.3. The van der Waals surface area contributed by atoms with Gasteiger partial charge in [-0.3, -0.25) is 9.78 Å². The Balaban J connectivity index is 1.99. The van der Waals surface area contributed by atoms with Crippen molar-refractivity contribution in [1.29, 1.82) is 0 Å². The molecule has 4 nitrogen and oxygen atoms in total. The van der Waals surface area contributed by atoms with E-state index in [2.05, 4.69) is 16.6 Å². The second kappa shape index (κ2) is 4.96. The molecule has 1 saturated carbocycles. The van der Waals surface area contributed by atoms with Gasteiger partial charge in [-0.05, 0) is 31.2 Å². The molecule has 1 aromatic rings. The van der Waals surface area contributed by atoms with Crippen LogP contribution >= 0.6 is 11.8 Å². The highest BCUT2D eigenvalue weighted by Crippen LogP contribution is 2.42. The summed E-state index contributed by atoms with van der Waals surface area (Å²) in [5.41, 5.74) is 6.41. The normalized spacial score (nSPS) is 17.2. The molecule has 0 atom stereocenters. The molecule has 1 heterocycles. The van der Waals surface area contributed by atoms with Gasteiger partial charge < -0.3 is 11.1 Å². The average Bonchev–Trinajstić information content (AvgIpc) is 2.28. The van der Waals surface area contributed by atoms with Crippen LogP contribution in [0.3, 0.4) is 0 Å². The third-order valence-electron chi connectivity index (χ3n) is 3.32. The summed E-state index contributed by atoms with van der Waals surface area (Å²) in [6.45, 7) is 0.927. The summed E-state index contributed by atoms with van der Waals surface area (Å²) in [5, 5.41) is 3.36. The molecule has 3 N–H and O–H groups in total. The van der Waals surface area contributed by atoms with Gasteiger partial charge in [-0.2, -0.15) is 11.8 Å². The first-order valence-corrected chi connectivity index (χ1v) is 6.93. The van der Waals surface area contributed by atoms with Gasteiger partial charge in [0.15, 0.2) is 0 Å². The molecule has 1 aromatic heterocycles. The molecular weight excluding hydrogens is 234 g/mol. The first kappa shape index (κ1) is 12.2. The van der Waals surface area contributed by atoms with Crippen molar-refractivity contribution in [2.75, 3.05) is 18.1 Å². The first-order valence-electron chi connectivity index (χ1n) is 5.70. The monoisotopic (exact) mass is 251 g/mol. The molecular formula is C12H17N3OS. The Bertz CT molecular complexity index is 412. The number of hydrogen-bond donors (Lipinski definition) is 2. The number of amides is 1. The minimum atomic E-state index is -0.489. The quantitative estimate of drug-likeness (QED) is 0.838. The fourth-order valence-corrected chi connectivity index (χ4v) is 2.88. The average molecular weight is 251 g/mol. The van der Waals surface area contributed by atoms with E-state index in [-0.39, 0.29) is 0 Å². The molecule has 0 spiro atoms. The number of primary amides is 1. The molecule has 2 rings (SSSR count). The predicted octanol–water partition coefficient (Wildman–Crippen LogP) is 1.88. The van der Waals surface area contributed by atoms with E-state index in [9.17, 15) is 4.79 Å². The highest BCUT2D eigenvalue weighted by molar-refractivity contribution is 8.00. The predicted molar refractivity (Wildman–Crippen MR) is 71.3 cm³/mol. The molecule has 0 unspecified atom stereocenters. The van der Waals surface area contributed by atoms with Gasteiger partial charge in [0, 0.05) is 23.2 Å². The zero-order valence-corrected chi connectivity index (χ0v) is 10.7. The van der Waals surface area contributed by atoms with Crippen LogP contribution in [0.4, 0.5) is 5.69 Å². The molecule has 1 aliphatic rings. The SMILES string of the molecule is CSC1(CNc2ccnc(C(N)=O)c2)CCC1. The van der Waals surface area contributed by atoms with Gasteiger partial charge in [0.2, 0.25) is 0 Å². The van der Waals surface area contributed by atoms with Crippen molar-refractivity contribution >= 4 is 23.4 Å². The molecule has 1 amide bonds. The minimum absolute atomic E-state index is 0.307. The maximum Gasteiger partial charge on any atom is 0.267 e. The summed E-state index contributed by atoms with van der Waals surface area (Å²) in [6, 6.07) is 3.56. The minimum Gasteiger partial charge on any atom is -0.384 e. The van der Waals surface area contributed by atoms with Crippen LogP contribution in [-0.2, 0) is 0 Å². The van der Waals surface area contributed by atoms with E-state index < -0.39 is 5.91 Å². The van der Waals surface area contributed by atoms with Crippen LogP contribution in [0.1, 0.15) is 29.8 Å². The molecule has 0 radical (unpaired) electrons. The Morgan fingerprint density at radius 3 is 2.94 bits per heavy atom. The van der Waals surface area contributed by atoms with Crippen molar-refractivity contribution in [2.45, 2.75) is 24.0 Å². The molecule has 0 aliphatic heterocycles. The lowest BCUT2D eigenvalue weighted by Gasteiger charge is -2.40.